The fourth-order valence-corrected chi connectivity index (χ4v) is 2.98. The lowest BCUT2D eigenvalue weighted by Crippen LogP contribution is -2.51. The standard InChI is InChI=1S/C15H22N4O/c1-4-18(5-2)8-12-9-19(10-12)14-7-11(3)6-13-15(14)17-20-16-13/h6-7,12H,4-5,8-10H2,1-3H3. The Morgan fingerprint density at radius 3 is 2.70 bits per heavy atom. The van der Waals surface area contributed by atoms with Gasteiger partial charge in [0.2, 0.25) is 0 Å². The van der Waals surface area contributed by atoms with Crippen molar-refractivity contribution in [3.8, 4) is 0 Å². The maximum atomic E-state index is 4.87. The molecule has 5 nitrogen and oxygen atoms in total. The van der Waals surface area contributed by atoms with E-state index in [1.165, 1.54) is 12.1 Å². The van der Waals surface area contributed by atoms with E-state index in [1.807, 2.05) is 6.07 Å². The summed E-state index contributed by atoms with van der Waals surface area (Å²) in [6.07, 6.45) is 0. The number of rotatable bonds is 5. The van der Waals surface area contributed by atoms with Gasteiger partial charge in [-0.05, 0) is 48.0 Å². The maximum absolute atomic E-state index is 4.87. The Bertz CT molecular complexity index is 585. The van der Waals surface area contributed by atoms with Crippen molar-refractivity contribution in [3.63, 3.8) is 0 Å². The molecule has 20 heavy (non-hydrogen) atoms. The zero-order valence-corrected chi connectivity index (χ0v) is 12.5. The summed E-state index contributed by atoms with van der Waals surface area (Å²) in [5, 5.41) is 8.00. The fraction of sp³-hybridized carbons (Fsp3) is 0.600. The molecular formula is C15H22N4O. The van der Waals surface area contributed by atoms with E-state index in [2.05, 4.69) is 47.0 Å². The van der Waals surface area contributed by atoms with Crippen LogP contribution in [0.4, 0.5) is 5.69 Å². The maximum Gasteiger partial charge on any atom is 0.158 e. The molecule has 0 N–H and O–H groups in total. The van der Waals surface area contributed by atoms with Crippen molar-refractivity contribution < 1.29 is 4.63 Å². The molecule has 5 heteroatoms. The van der Waals surface area contributed by atoms with Gasteiger partial charge in [0.05, 0.1) is 5.69 Å². The molecule has 2 aromatic rings. The first-order valence-electron chi connectivity index (χ1n) is 7.41. The molecule has 1 saturated heterocycles. The molecule has 0 radical (unpaired) electrons. The Kier molecular flexibility index (Phi) is 3.61. The van der Waals surface area contributed by atoms with E-state index >= 15 is 0 Å². The van der Waals surface area contributed by atoms with Crippen LogP contribution in [0.2, 0.25) is 0 Å². The summed E-state index contributed by atoms with van der Waals surface area (Å²) < 4.78 is 4.87. The zero-order valence-electron chi connectivity index (χ0n) is 12.5. The summed E-state index contributed by atoms with van der Waals surface area (Å²) in [4.78, 5) is 4.87. The smallest absolute Gasteiger partial charge is 0.158 e. The Morgan fingerprint density at radius 1 is 1.25 bits per heavy atom. The number of nitrogens with zero attached hydrogens (tertiary/aromatic N) is 4. The third-order valence-electron chi connectivity index (χ3n) is 4.19. The van der Waals surface area contributed by atoms with Crippen molar-refractivity contribution in [3.05, 3.63) is 17.7 Å². The molecule has 0 atom stereocenters. The van der Waals surface area contributed by atoms with Crippen molar-refractivity contribution in [1.82, 2.24) is 15.2 Å². The molecular weight excluding hydrogens is 252 g/mol. The lowest BCUT2D eigenvalue weighted by molar-refractivity contribution is 0.227. The Morgan fingerprint density at radius 2 is 2.00 bits per heavy atom. The molecule has 0 amide bonds. The van der Waals surface area contributed by atoms with Gasteiger partial charge in [-0.15, -0.1) is 0 Å². The second kappa shape index (κ2) is 5.40. The zero-order chi connectivity index (χ0) is 14.1. The van der Waals surface area contributed by atoms with Crippen LogP contribution in [-0.2, 0) is 0 Å². The van der Waals surface area contributed by atoms with Crippen LogP contribution in [0.5, 0.6) is 0 Å². The predicted molar refractivity (Wildman–Crippen MR) is 80.0 cm³/mol. The van der Waals surface area contributed by atoms with E-state index < -0.39 is 0 Å². The minimum Gasteiger partial charge on any atom is -0.369 e. The Labute approximate surface area is 119 Å². The number of benzene rings is 1. The third kappa shape index (κ3) is 2.38. The minimum absolute atomic E-state index is 0.755. The highest BCUT2D eigenvalue weighted by atomic mass is 16.6. The number of fused-ring (bicyclic) bond motifs is 1. The van der Waals surface area contributed by atoms with E-state index in [4.69, 9.17) is 4.63 Å². The van der Waals surface area contributed by atoms with Gasteiger partial charge in [-0.25, -0.2) is 4.63 Å². The molecule has 1 aliphatic heterocycles. The number of aryl methyl sites for hydroxylation is 1. The van der Waals surface area contributed by atoms with Crippen LogP contribution in [0.3, 0.4) is 0 Å². The van der Waals surface area contributed by atoms with Crippen molar-refractivity contribution >= 4 is 16.7 Å². The highest BCUT2D eigenvalue weighted by Gasteiger charge is 2.30. The van der Waals surface area contributed by atoms with E-state index in [-0.39, 0.29) is 0 Å². The summed E-state index contributed by atoms with van der Waals surface area (Å²) >= 11 is 0. The molecule has 0 bridgehead atoms. The average molecular weight is 274 g/mol. The van der Waals surface area contributed by atoms with E-state index in [9.17, 15) is 0 Å². The second-order valence-corrected chi connectivity index (χ2v) is 5.67. The molecule has 0 spiro atoms. The van der Waals surface area contributed by atoms with Gasteiger partial charge in [-0.3, -0.25) is 0 Å². The summed E-state index contributed by atoms with van der Waals surface area (Å²) in [7, 11) is 0. The lowest BCUT2D eigenvalue weighted by atomic mass is 9.97. The van der Waals surface area contributed by atoms with Gasteiger partial charge in [-0.2, -0.15) is 0 Å². The molecule has 1 aliphatic rings. The van der Waals surface area contributed by atoms with E-state index in [1.54, 1.807) is 0 Å². The minimum atomic E-state index is 0.755. The molecule has 0 saturated carbocycles. The average Bonchev–Trinajstić information content (AvgIpc) is 2.85. The van der Waals surface area contributed by atoms with Gasteiger partial charge in [0, 0.05) is 25.6 Å². The SMILES string of the molecule is CCN(CC)CC1CN(c2cc(C)cc3nonc23)C1. The quantitative estimate of drug-likeness (QED) is 0.837. The van der Waals surface area contributed by atoms with E-state index in [0.717, 1.165) is 48.8 Å². The summed E-state index contributed by atoms with van der Waals surface area (Å²) in [5.74, 6) is 0.755. The Hall–Kier alpha value is -1.62. The predicted octanol–water partition coefficient (Wildman–Crippen LogP) is 2.31. The lowest BCUT2D eigenvalue weighted by Gasteiger charge is -2.43. The van der Waals surface area contributed by atoms with Crippen LogP contribution in [0.25, 0.3) is 11.0 Å². The summed E-state index contributed by atoms with van der Waals surface area (Å²) in [6.45, 7) is 12.2. The molecule has 3 rings (SSSR count). The number of hydrogen-bond donors (Lipinski definition) is 0. The largest absolute Gasteiger partial charge is 0.369 e. The van der Waals surface area contributed by atoms with Crippen LogP contribution in [-0.4, -0.2) is 47.9 Å². The molecule has 1 fully saturated rings. The first kappa shape index (κ1) is 13.4. The summed E-state index contributed by atoms with van der Waals surface area (Å²) in [5.41, 5.74) is 4.11. The topological polar surface area (TPSA) is 45.4 Å². The highest BCUT2D eigenvalue weighted by Crippen LogP contribution is 2.31. The van der Waals surface area contributed by atoms with Crippen molar-refractivity contribution in [1.29, 1.82) is 0 Å². The number of hydrogen-bond acceptors (Lipinski definition) is 5. The normalized spacial score (nSPS) is 16.1. The summed E-state index contributed by atoms with van der Waals surface area (Å²) in [6, 6.07) is 4.20. The molecule has 2 heterocycles. The van der Waals surface area contributed by atoms with Gasteiger partial charge in [0.1, 0.15) is 5.52 Å². The van der Waals surface area contributed by atoms with Crippen LogP contribution in [0.1, 0.15) is 19.4 Å². The van der Waals surface area contributed by atoms with Gasteiger partial charge in [0.25, 0.3) is 0 Å². The van der Waals surface area contributed by atoms with Crippen molar-refractivity contribution in [2.75, 3.05) is 37.6 Å². The molecule has 1 aromatic carbocycles. The van der Waals surface area contributed by atoms with Crippen LogP contribution < -0.4 is 4.90 Å². The number of anilines is 1. The van der Waals surface area contributed by atoms with E-state index in [0.29, 0.717) is 0 Å². The third-order valence-corrected chi connectivity index (χ3v) is 4.19. The second-order valence-electron chi connectivity index (χ2n) is 5.67. The molecule has 108 valence electrons. The van der Waals surface area contributed by atoms with Crippen LogP contribution in [0.15, 0.2) is 16.8 Å². The van der Waals surface area contributed by atoms with Crippen LogP contribution in [0, 0.1) is 12.8 Å². The molecule has 0 unspecified atom stereocenters. The first-order valence-corrected chi connectivity index (χ1v) is 7.41. The van der Waals surface area contributed by atoms with Gasteiger partial charge in [0.15, 0.2) is 5.52 Å². The Balaban J connectivity index is 1.71. The molecule has 1 aromatic heterocycles. The highest BCUT2D eigenvalue weighted by molar-refractivity contribution is 5.88. The monoisotopic (exact) mass is 274 g/mol. The van der Waals surface area contributed by atoms with Gasteiger partial charge >= 0.3 is 0 Å². The fourth-order valence-electron chi connectivity index (χ4n) is 2.98. The van der Waals surface area contributed by atoms with Gasteiger partial charge < -0.3 is 9.80 Å². The van der Waals surface area contributed by atoms with Crippen LogP contribution >= 0.6 is 0 Å². The van der Waals surface area contributed by atoms with Gasteiger partial charge in [-0.1, -0.05) is 13.8 Å². The van der Waals surface area contributed by atoms with Crippen molar-refractivity contribution in [2.45, 2.75) is 20.8 Å². The van der Waals surface area contributed by atoms with Crippen molar-refractivity contribution in [2.24, 2.45) is 5.92 Å². The number of aromatic nitrogens is 2. The first-order chi connectivity index (χ1) is 9.71. The molecule has 0 aliphatic carbocycles.